The summed E-state index contributed by atoms with van der Waals surface area (Å²) < 4.78 is 2.15. The normalized spacial score (nSPS) is 20.2. The highest BCUT2D eigenvalue weighted by Crippen LogP contribution is 2.34. The molecule has 0 radical (unpaired) electrons. The zero-order valence-corrected chi connectivity index (χ0v) is 21.1. The van der Waals surface area contributed by atoms with E-state index in [1.807, 2.05) is 26.4 Å². The number of aromatic amines is 1. The van der Waals surface area contributed by atoms with Crippen molar-refractivity contribution < 1.29 is 0 Å². The second-order valence-electron chi connectivity index (χ2n) is 9.50. The first-order valence-electron chi connectivity index (χ1n) is 12.0. The molecule has 3 aromatic heterocycles. The summed E-state index contributed by atoms with van der Waals surface area (Å²) in [6.45, 7) is 0.987. The van der Waals surface area contributed by atoms with Gasteiger partial charge in [-0.25, -0.2) is 4.98 Å². The number of allylic oxidation sites excluding steroid dienone is 1. The number of aromatic nitrogens is 4. The predicted molar refractivity (Wildman–Crippen MR) is 144 cm³/mol. The van der Waals surface area contributed by atoms with Gasteiger partial charge in [-0.05, 0) is 65.4 Å². The average molecular weight is 471 g/mol. The molecule has 1 aliphatic rings. The summed E-state index contributed by atoms with van der Waals surface area (Å²) in [5, 5.41) is 12.7. The van der Waals surface area contributed by atoms with Gasteiger partial charge in [0.25, 0.3) is 0 Å². The maximum absolute atomic E-state index is 4.99. The molecule has 182 valence electrons. The Labute approximate surface area is 206 Å². The monoisotopic (exact) mass is 470 g/mol. The molecule has 0 saturated heterocycles. The van der Waals surface area contributed by atoms with Gasteiger partial charge in [-0.15, -0.1) is 0 Å². The van der Waals surface area contributed by atoms with Gasteiger partial charge in [-0.2, -0.15) is 4.98 Å². The van der Waals surface area contributed by atoms with Gasteiger partial charge in [0, 0.05) is 53.0 Å². The number of hydrogen-bond acceptors (Lipinski definition) is 6. The Hall–Kier alpha value is -3.46. The Bertz CT molecular complexity index is 1410. The Morgan fingerprint density at radius 3 is 2.71 bits per heavy atom. The minimum absolute atomic E-state index is 0.117. The molecule has 0 fully saturated rings. The maximum Gasteiger partial charge on any atom is 0.229 e. The van der Waals surface area contributed by atoms with Gasteiger partial charge < -0.3 is 30.4 Å². The summed E-state index contributed by atoms with van der Waals surface area (Å²) in [7, 11) is 10.3. The molecule has 35 heavy (non-hydrogen) atoms. The number of likely N-dealkylation sites (N-methyl/N-ethyl adjacent to an activating group) is 2. The molecule has 0 bridgehead atoms. The van der Waals surface area contributed by atoms with Crippen LogP contribution in [-0.4, -0.2) is 70.7 Å². The van der Waals surface area contributed by atoms with Gasteiger partial charge in [-0.3, -0.25) is 0 Å². The van der Waals surface area contributed by atoms with E-state index in [1.165, 1.54) is 10.9 Å². The van der Waals surface area contributed by atoms with Gasteiger partial charge >= 0.3 is 0 Å². The van der Waals surface area contributed by atoms with Crippen molar-refractivity contribution in [1.82, 2.24) is 35.1 Å². The van der Waals surface area contributed by atoms with E-state index in [-0.39, 0.29) is 11.6 Å². The van der Waals surface area contributed by atoms with Crippen LogP contribution in [0.1, 0.15) is 6.42 Å². The van der Waals surface area contributed by atoms with Crippen LogP contribution in [-0.2, 0) is 7.05 Å². The van der Waals surface area contributed by atoms with E-state index in [9.17, 15) is 0 Å². The van der Waals surface area contributed by atoms with Gasteiger partial charge in [0.15, 0.2) is 0 Å². The third kappa shape index (κ3) is 4.25. The van der Waals surface area contributed by atoms with E-state index in [1.54, 1.807) is 0 Å². The zero-order chi connectivity index (χ0) is 24.6. The maximum atomic E-state index is 4.99. The number of para-hydroxylation sites is 1. The van der Waals surface area contributed by atoms with Crippen molar-refractivity contribution in [3.05, 3.63) is 66.7 Å². The third-order valence-corrected chi connectivity index (χ3v) is 7.03. The minimum Gasteiger partial charge on any atom is -0.350 e. The van der Waals surface area contributed by atoms with Crippen molar-refractivity contribution in [1.29, 1.82) is 0 Å². The van der Waals surface area contributed by atoms with Crippen LogP contribution in [0.15, 0.2) is 66.7 Å². The highest BCUT2D eigenvalue weighted by Gasteiger charge is 2.35. The van der Waals surface area contributed by atoms with Gasteiger partial charge in [0.2, 0.25) is 5.95 Å². The van der Waals surface area contributed by atoms with E-state index < -0.39 is 0 Å². The number of H-pyrrole nitrogens is 1. The summed E-state index contributed by atoms with van der Waals surface area (Å²) >= 11 is 0. The summed E-state index contributed by atoms with van der Waals surface area (Å²) in [5.41, 5.74) is 4.80. The molecule has 1 aromatic carbocycles. The van der Waals surface area contributed by atoms with Crippen LogP contribution >= 0.6 is 0 Å². The molecule has 8 heteroatoms. The lowest BCUT2D eigenvalue weighted by molar-refractivity contribution is 0.283. The lowest BCUT2D eigenvalue weighted by Crippen LogP contribution is -2.58. The van der Waals surface area contributed by atoms with E-state index in [0.29, 0.717) is 5.95 Å². The first kappa shape index (κ1) is 23.3. The molecule has 5 rings (SSSR count). The van der Waals surface area contributed by atoms with Crippen molar-refractivity contribution >= 4 is 27.9 Å². The second-order valence-corrected chi connectivity index (χ2v) is 9.50. The second kappa shape index (κ2) is 9.30. The fourth-order valence-electron chi connectivity index (χ4n) is 5.02. The van der Waals surface area contributed by atoms with Crippen molar-refractivity contribution in [2.75, 3.05) is 40.1 Å². The first-order chi connectivity index (χ1) is 16.9. The molecule has 4 aromatic rings. The van der Waals surface area contributed by atoms with Crippen molar-refractivity contribution in [2.24, 2.45) is 7.05 Å². The first-order valence-corrected chi connectivity index (χ1v) is 12.0. The zero-order valence-electron chi connectivity index (χ0n) is 21.1. The molecule has 0 spiro atoms. The summed E-state index contributed by atoms with van der Waals surface area (Å²) in [5.74, 6) is 0.568. The van der Waals surface area contributed by atoms with Gasteiger partial charge in [-0.1, -0.05) is 24.3 Å². The minimum atomic E-state index is -0.164. The number of rotatable bonds is 8. The molecular formula is C27H34N8. The molecule has 0 amide bonds. The number of aryl methyl sites for hydroxylation is 1. The Morgan fingerprint density at radius 1 is 1.11 bits per heavy atom. The molecule has 2 atom stereocenters. The number of nitrogens with zero attached hydrogens (tertiary/aromatic N) is 4. The molecule has 8 nitrogen and oxygen atoms in total. The van der Waals surface area contributed by atoms with Crippen LogP contribution in [0.25, 0.3) is 33.2 Å². The van der Waals surface area contributed by atoms with Crippen molar-refractivity contribution in [3.8, 4) is 11.3 Å². The Balaban J connectivity index is 1.51. The summed E-state index contributed by atoms with van der Waals surface area (Å²) in [4.78, 5) is 15.2. The number of anilines is 1. The topological polar surface area (TPSA) is 85.8 Å². The SMILES string of the molecule is CNC1C=C(Nc2nc(-c3cn(C)c4ccccc34)c3cc[nH]c3n2)C=CC1(CCN(C)C)NC. The van der Waals surface area contributed by atoms with Crippen LogP contribution in [0.2, 0.25) is 0 Å². The molecule has 3 heterocycles. The van der Waals surface area contributed by atoms with E-state index in [0.717, 1.165) is 41.0 Å². The molecule has 4 N–H and O–H groups in total. The molecule has 2 unspecified atom stereocenters. The van der Waals surface area contributed by atoms with Crippen LogP contribution in [0.3, 0.4) is 0 Å². The lowest BCUT2D eigenvalue weighted by Gasteiger charge is -2.40. The summed E-state index contributed by atoms with van der Waals surface area (Å²) in [6.07, 6.45) is 11.6. The van der Waals surface area contributed by atoms with Crippen LogP contribution in [0.4, 0.5) is 5.95 Å². The van der Waals surface area contributed by atoms with Gasteiger partial charge in [0.1, 0.15) is 5.65 Å². The molecule has 0 aliphatic heterocycles. The van der Waals surface area contributed by atoms with Crippen LogP contribution in [0.5, 0.6) is 0 Å². The predicted octanol–water partition coefficient (Wildman–Crippen LogP) is 3.48. The Morgan fingerprint density at radius 2 is 1.94 bits per heavy atom. The van der Waals surface area contributed by atoms with Crippen molar-refractivity contribution in [3.63, 3.8) is 0 Å². The molecule has 0 saturated carbocycles. The number of fused-ring (bicyclic) bond motifs is 2. The summed E-state index contributed by atoms with van der Waals surface area (Å²) in [6, 6.07) is 10.6. The highest BCUT2D eigenvalue weighted by molar-refractivity contribution is 6.02. The van der Waals surface area contributed by atoms with Gasteiger partial charge in [0.05, 0.1) is 11.2 Å². The van der Waals surface area contributed by atoms with E-state index in [4.69, 9.17) is 9.97 Å². The van der Waals surface area contributed by atoms with E-state index in [2.05, 4.69) is 100 Å². The average Bonchev–Trinajstić information content (AvgIpc) is 3.47. The smallest absolute Gasteiger partial charge is 0.229 e. The molecule has 1 aliphatic carbocycles. The molecular weight excluding hydrogens is 436 g/mol. The quantitative estimate of drug-likeness (QED) is 0.316. The largest absolute Gasteiger partial charge is 0.350 e. The van der Waals surface area contributed by atoms with Crippen LogP contribution in [0, 0.1) is 0 Å². The highest BCUT2D eigenvalue weighted by atomic mass is 15.1. The number of hydrogen-bond donors (Lipinski definition) is 4. The lowest BCUT2D eigenvalue weighted by atomic mass is 9.82. The van der Waals surface area contributed by atoms with Crippen LogP contribution < -0.4 is 16.0 Å². The number of nitrogens with one attached hydrogen (secondary N) is 4. The Kier molecular flexibility index (Phi) is 6.19. The fraction of sp³-hybridized carbons (Fsp3) is 0.333. The van der Waals surface area contributed by atoms with E-state index >= 15 is 0 Å². The van der Waals surface area contributed by atoms with Crippen molar-refractivity contribution in [2.45, 2.75) is 18.0 Å². The third-order valence-electron chi connectivity index (χ3n) is 7.03. The fourth-order valence-corrected chi connectivity index (χ4v) is 5.02. The standard InChI is InChI=1S/C27H34N8/c1-28-23-16-18(10-12-27(23,29-2)13-15-34(3)4)31-26-32-24(20-11-14-30-25(20)33-26)21-17-35(5)22-9-7-6-8-19(21)22/h6-12,14,16-17,23,28-29H,13,15H2,1-5H3,(H2,30,31,32,33). The number of benzene rings is 1.